The van der Waals surface area contributed by atoms with Crippen molar-refractivity contribution in [2.75, 3.05) is 11.1 Å². The predicted molar refractivity (Wildman–Crippen MR) is 107 cm³/mol. The fourth-order valence-corrected chi connectivity index (χ4v) is 4.72. The third-order valence-corrected chi connectivity index (χ3v) is 6.95. The Labute approximate surface area is 164 Å². The van der Waals surface area contributed by atoms with E-state index in [9.17, 15) is 4.79 Å². The van der Waals surface area contributed by atoms with E-state index in [-0.39, 0.29) is 5.91 Å². The molecule has 130 valence electrons. The molecule has 0 aliphatic carbocycles. The molecule has 1 atom stereocenters. The molecule has 1 aromatic heterocycles. The molecule has 4 nitrogen and oxygen atoms in total. The second-order valence-electron chi connectivity index (χ2n) is 5.00. The number of carbonyl (C=O) groups excluding carboxylic acids is 1. The Kier molecular flexibility index (Phi) is 8.16. The highest BCUT2D eigenvalue weighted by Gasteiger charge is 2.11. The quantitative estimate of drug-likeness (QED) is 0.443. The van der Waals surface area contributed by atoms with Crippen LogP contribution < -0.4 is 5.32 Å². The largest absolute Gasteiger partial charge is 0.300 e. The van der Waals surface area contributed by atoms with Crippen molar-refractivity contribution in [3.63, 3.8) is 0 Å². The standard InChI is InChI=1S/C15H17Cl2N3OS3/c1-3-9(2)23-15-20-19-14(24-15)18-13(21)8-22-7-10-4-5-11(16)12(17)6-10/h4-6,9H,3,7-8H2,1-2H3,(H,18,19,21). The van der Waals surface area contributed by atoms with E-state index in [1.165, 1.54) is 23.1 Å². The third-order valence-electron chi connectivity index (χ3n) is 3.02. The summed E-state index contributed by atoms with van der Waals surface area (Å²) in [5.41, 5.74) is 1.03. The Hall–Kier alpha value is -0.470. The van der Waals surface area contributed by atoms with E-state index in [0.29, 0.717) is 31.9 Å². The number of carbonyl (C=O) groups is 1. The van der Waals surface area contributed by atoms with Crippen LogP contribution in [0.15, 0.2) is 22.5 Å². The zero-order chi connectivity index (χ0) is 17.5. The summed E-state index contributed by atoms with van der Waals surface area (Å²) >= 11 is 16.4. The summed E-state index contributed by atoms with van der Waals surface area (Å²) in [4.78, 5) is 12.0. The molecule has 0 bridgehead atoms. The minimum atomic E-state index is -0.0868. The van der Waals surface area contributed by atoms with E-state index >= 15 is 0 Å². The van der Waals surface area contributed by atoms with Crippen LogP contribution in [0.1, 0.15) is 25.8 Å². The van der Waals surface area contributed by atoms with Gasteiger partial charge in [0.05, 0.1) is 15.8 Å². The lowest BCUT2D eigenvalue weighted by molar-refractivity contribution is -0.113. The topological polar surface area (TPSA) is 54.9 Å². The number of amides is 1. The zero-order valence-corrected chi connectivity index (χ0v) is 17.2. The average molecular weight is 422 g/mol. The van der Waals surface area contributed by atoms with Gasteiger partial charge in [-0.25, -0.2) is 0 Å². The monoisotopic (exact) mass is 421 g/mol. The number of nitrogens with zero attached hydrogens (tertiary/aromatic N) is 2. The van der Waals surface area contributed by atoms with E-state index in [1.54, 1.807) is 17.8 Å². The number of hydrogen-bond acceptors (Lipinski definition) is 6. The lowest BCUT2D eigenvalue weighted by Crippen LogP contribution is -2.13. The van der Waals surface area contributed by atoms with Gasteiger partial charge >= 0.3 is 0 Å². The number of aromatic nitrogens is 2. The molecule has 1 aromatic carbocycles. The first-order valence-corrected chi connectivity index (χ1v) is 10.9. The number of anilines is 1. The van der Waals surface area contributed by atoms with Crippen LogP contribution in [0.4, 0.5) is 5.13 Å². The molecule has 0 saturated carbocycles. The first-order chi connectivity index (χ1) is 11.5. The number of rotatable bonds is 8. The highest BCUT2D eigenvalue weighted by Crippen LogP contribution is 2.30. The molecule has 0 radical (unpaired) electrons. The van der Waals surface area contributed by atoms with E-state index in [2.05, 4.69) is 29.4 Å². The van der Waals surface area contributed by atoms with Crippen LogP contribution in [0.3, 0.4) is 0 Å². The van der Waals surface area contributed by atoms with E-state index in [4.69, 9.17) is 23.2 Å². The van der Waals surface area contributed by atoms with Gasteiger partial charge in [0.1, 0.15) is 0 Å². The van der Waals surface area contributed by atoms with Gasteiger partial charge in [-0.15, -0.1) is 22.0 Å². The smallest absolute Gasteiger partial charge is 0.236 e. The number of nitrogens with one attached hydrogen (secondary N) is 1. The van der Waals surface area contributed by atoms with Gasteiger partial charge in [0.15, 0.2) is 4.34 Å². The van der Waals surface area contributed by atoms with Crippen LogP contribution in [0.25, 0.3) is 0 Å². The summed E-state index contributed by atoms with van der Waals surface area (Å²) in [5, 5.41) is 13.0. The van der Waals surface area contributed by atoms with E-state index in [0.717, 1.165) is 16.3 Å². The van der Waals surface area contributed by atoms with Crippen LogP contribution in [0.5, 0.6) is 0 Å². The molecular formula is C15H17Cl2N3OS3. The van der Waals surface area contributed by atoms with Crippen LogP contribution in [0.2, 0.25) is 10.0 Å². The molecule has 0 fully saturated rings. The molecule has 0 saturated heterocycles. The molecule has 2 aromatic rings. The van der Waals surface area contributed by atoms with Crippen molar-refractivity contribution in [3.05, 3.63) is 33.8 Å². The summed E-state index contributed by atoms with van der Waals surface area (Å²) in [7, 11) is 0. The second kappa shape index (κ2) is 9.87. The first kappa shape index (κ1) is 19.8. The summed E-state index contributed by atoms with van der Waals surface area (Å²) in [6, 6.07) is 5.48. The maximum Gasteiger partial charge on any atom is 0.236 e. The molecule has 0 spiro atoms. The highest BCUT2D eigenvalue weighted by molar-refractivity contribution is 8.01. The Morgan fingerprint density at radius 2 is 2.12 bits per heavy atom. The van der Waals surface area contributed by atoms with Crippen molar-refractivity contribution in [1.29, 1.82) is 0 Å². The molecular weight excluding hydrogens is 405 g/mol. The minimum Gasteiger partial charge on any atom is -0.300 e. The molecule has 1 unspecified atom stereocenters. The van der Waals surface area contributed by atoms with Crippen LogP contribution in [-0.4, -0.2) is 27.1 Å². The van der Waals surface area contributed by atoms with Crippen molar-refractivity contribution in [1.82, 2.24) is 10.2 Å². The van der Waals surface area contributed by atoms with E-state index < -0.39 is 0 Å². The van der Waals surface area contributed by atoms with Gasteiger partial charge in [-0.05, 0) is 24.1 Å². The highest BCUT2D eigenvalue weighted by atomic mass is 35.5. The second-order valence-corrected chi connectivity index (χ2v) is 9.46. The minimum absolute atomic E-state index is 0.0868. The lowest BCUT2D eigenvalue weighted by atomic mass is 10.2. The molecule has 2 rings (SSSR count). The van der Waals surface area contributed by atoms with Gasteiger partial charge in [-0.3, -0.25) is 10.1 Å². The Bertz CT molecular complexity index is 696. The maximum absolute atomic E-state index is 12.0. The molecule has 1 N–H and O–H groups in total. The van der Waals surface area contributed by atoms with Gasteiger partial charge in [-0.1, -0.05) is 66.2 Å². The number of benzene rings is 1. The van der Waals surface area contributed by atoms with E-state index in [1.807, 2.05) is 12.1 Å². The molecule has 0 aliphatic heterocycles. The lowest BCUT2D eigenvalue weighted by Gasteiger charge is -2.04. The van der Waals surface area contributed by atoms with Gasteiger partial charge in [0.2, 0.25) is 11.0 Å². The SMILES string of the molecule is CCC(C)Sc1nnc(NC(=O)CSCc2ccc(Cl)c(Cl)c2)s1. The Balaban J connectivity index is 1.76. The molecule has 1 amide bonds. The summed E-state index contributed by atoms with van der Waals surface area (Å²) in [6.45, 7) is 4.27. The normalized spacial score (nSPS) is 12.2. The number of halogens is 2. The number of hydrogen-bond donors (Lipinski definition) is 1. The number of thioether (sulfide) groups is 2. The molecule has 24 heavy (non-hydrogen) atoms. The molecule has 0 aliphatic rings. The third kappa shape index (κ3) is 6.44. The van der Waals surface area contributed by atoms with Gasteiger partial charge in [0, 0.05) is 11.0 Å². The zero-order valence-electron chi connectivity index (χ0n) is 13.2. The Morgan fingerprint density at radius 3 is 2.83 bits per heavy atom. The fourth-order valence-electron chi connectivity index (χ4n) is 1.61. The van der Waals surface area contributed by atoms with Crippen molar-refractivity contribution in [2.45, 2.75) is 35.6 Å². The summed E-state index contributed by atoms with van der Waals surface area (Å²) in [6.07, 6.45) is 1.07. The fraction of sp³-hybridized carbons (Fsp3) is 0.400. The first-order valence-electron chi connectivity index (χ1n) is 7.29. The van der Waals surface area contributed by atoms with Crippen molar-refractivity contribution < 1.29 is 4.79 Å². The molecule has 9 heteroatoms. The Morgan fingerprint density at radius 1 is 1.33 bits per heavy atom. The van der Waals surface area contributed by atoms with Crippen molar-refractivity contribution in [2.24, 2.45) is 0 Å². The predicted octanol–water partition coefficient (Wildman–Crippen LogP) is 5.61. The van der Waals surface area contributed by atoms with Gasteiger partial charge in [-0.2, -0.15) is 0 Å². The van der Waals surface area contributed by atoms with Crippen LogP contribution in [-0.2, 0) is 10.5 Å². The van der Waals surface area contributed by atoms with Gasteiger partial charge in [0.25, 0.3) is 0 Å². The summed E-state index contributed by atoms with van der Waals surface area (Å²) < 4.78 is 0.878. The van der Waals surface area contributed by atoms with Crippen molar-refractivity contribution in [3.8, 4) is 0 Å². The summed E-state index contributed by atoms with van der Waals surface area (Å²) in [5.74, 6) is 0.944. The maximum atomic E-state index is 12.0. The molecule has 1 heterocycles. The van der Waals surface area contributed by atoms with Gasteiger partial charge < -0.3 is 0 Å². The van der Waals surface area contributed by atoms with Crippen LogP contribution >= 0.6 is 58.1 Å². The van der Waals surface area contributed by atoms with Crippen LogP contribution in [0, 0.1) is 0 Å². The van der Waals surface area contributed by atoms with Crippen molar-refractivity contribution >= 4 is 69.1 Å². The average Bonchev–Trinajstić information content (AvgIpc) is 2.97.